The van der Waals surface area contributed by atoms with Crippen molar-refractivity contribution in [3.05, 3.63) is 59.6 Å². The van der Waals surface area contributed by atoms with Crippen LogP contribution in [0.2, 0.25) is 0 Å². The summed E-state index contributed by atoms with van der Waals surface area (Å²) in [5.41, 5.74) is -0.0663. The zero-order valence-corrected chi connectivity index (χ0v) is 13.6. The molecule has 1 fully saturated rings. The second-order valence-electron chi connectivity index (χ2n) is 5.41. The van der Waals surface area contributed by atoms with E-state index in [-0.39, 0.29) is 18.7 Å². The number of hydroxylamine groups is 2. The van der Waals surface area contributed by atoms with E-state index >= 15 is 0 Å². The van der Waals surface area contributed by atoms with Crippen LogP contribution in [0, 0.1) is 11.6 Å². The highest BCUT2D eigenvalue weighted by atomic mass is 32.2. The predicted octanol–water partition coefficient (Wildman–Crippen LogP) is 1.96. The van der Waals surface area contributed by atoms with Crippen LogP contribution >= 0.6 is 0 Å². The highest BCUT2D eigenvalue weighted by molar-refractivity contribution is 7.90. The second kappa shape index (κ2) is 6.60. The molecule has 1 aliphatic heterocycles. The molecule has 0 amide bonds. The molecule has 0 aliphatic carbocycles. The second-order valence-corrected chi connectivity index (χ2v) is 7.40. The smallest absolute Gasteiger partial charge is 0.219 e. The number of hydrogen-bond acceptors (Lipinski definition) is 5. The minimum Gasteiger partial charge on any atom is -0.468 e. The van der Waals surface area contributed by atoms with E-state index in [2.05, 4.69) is 4.72 Å². The van der Waals surface area contributed by atoms with Crippen molar-refractivity contribution in [2.75, 3.05) is 13.7 Å². The zero-order valence-electron chi connectivity index (χ0n) is 12.8. The summed E-state index contributed by atoms with van der Waals surface area (Å²) < 4.78 is 60.3. The molecule has 0 radical (unpaired) electrons. The molecule has 3 rings (SSSR count). The molecule has 2 heterocycles. The summed E-state index contributed by atoms with van der Waals surface area (Å²) in [6.07, 6.45) is 1.43. The molecule has 1 aromatic heterocycles. The minimum atomic E-state index is -3.86. The molecule has 0 spiro atoms. The zero-order chi connectivity index (χ0) is 17.3. The van der Waals surface area contributed by atoms with Crippen LogP contribution in [0.15, 0.2) is 41.0 Å². The molecule has 0 saturated carbocycles. The van der Waals surface area contributed by atoms with Crippen LogP contribution in [0.5, 0.6) is 0 Å². The molecule has 2 unspecified atom stereocenters. The molecule has 9 heteroatoms. The number of benzene rings is 1. The number of nitrogens with one attached hydrogen (secondary N) is 1. The molecule has 24 heavy (non-hydrogen) atoms. The fraction of sp³-hybridized carbons (Fsp3) is 0.333. The van der Waals surface area contributed by atoms with Gasteiger partial charge in [0.25, 0.3) is 0 Å². The lowest BCUT2D eigenvalue weighted by Gasteiger charge is -2.23. The lowest BCUT2D eigenvalue weighted by molar-refractivity contribution is -0.111. The average molecular weight is 358 g/mol. The Balaban J connectivity index is 1.87. The summed E-state index contributed by atoms with van der Waals surface area (Å²) in [7, 11) is -2.38. The summed E-state index contributed by atoms with van der Waals surface area (Å²) in [5.74, 6) is -1.67. The Hall–Kier alpha value is -1.81. The fourth-order valence-corrected chi connectivity index (χ4v) is 4.15. The van der Waals surface area contributed by atoms with Crippen molar-refractivity contribution in [3.8, 4) is 0 Å². The van der Waals surface area contributed by atoms with Gasteiger partial charge in [-0.3, -0.25) is 4.84 Å². The topological polar surface area (TPSA) is 71.8 Å². The van der Waals surface area contributed by atoms with Crippen molar-refractivity contribution in [1.82, 2.24) is 9.79 Å². The summed E-state index contributed by atoms with van der Waals surface area (Å²) in [6.45, 7) is -0.196. The van der Waals surface area contributed by atoms with Crippen LogP contribution in [-0.2, 0) is 21.4 Å². The van der Waals surface area contributed by atoms with Gasteiger partial charge in [-0.05, 0) is 18.2 Å². The molecular weight excluding hydrogens is 342 g/mol. The van der Waals surface area contributed by atoms with E-state index in [1.165, 1.54) is 30.5 Å². The van der Waals surface area contributed by atoms with E-state index in [4.69, 9.17) is 9.25 Å². The van der Waals surface area contributed by atoms with Crippen molar-refractivity contribution in [2.45, 2.75) is 17.8 Å². The van der Waals surface area contributed by atoms with Gasteiger partial charge in [-0.15, -0.1) is 0 Å². The number of hydrogen-bond donors (Lipinski definition) is 1. The Morgan fingerprint density at radius 1 is 1.29 bits per heavy atom. The van der Waals surface area contributed by atoms with Crippen molar-refractivity contribution >= 4 is 10.0 Å². The van der Waals surface area contributed by atoms with Crippen LogP contribution in [0.25, 0.3) is 0 Å². The third-order valence-corrected chi connectivity index (χ3v) is 5.65. The average Bonchev–Trinajstić information content (AvgIpc) is 3.18. The molecule has 1 saturated heterocycles. The van der Waals surface area contributed by atoms with Crippen LogP contribution in [0.4, 0.5) is 8.78 Å². The van der Waals surface area contributed by atoms with Gasteiger partial charge in [0, 0.05) is 12.6 Å². The van der Waals surface area contributed by atoms with E-state index < -0.39 is 32.9 Å². The number of furan rings is 1. The summed E-state index contributed by atoms with van der Waals surface area (Å²) >= 11 is 0. The number of rotatable bonds is 5. The first-order valence-electron chi connectivity index (χ1n) is 7.20. The van der Waals surface area contributed by atoms with E-state index in [0.717, 1.165) is 6.07 Å². The number of sulfonamides is 1. The highest BCUT2D eigenvalue weighted by Gasteiger charge is 2.44. The van der Waals surface area contributed by atoms with Gasteiger partial charge >= 0.3 is 0 Å². The van der Waals surface area contributed by atoms with Crippen molar-refractivity contribution in [1.29, 1.82) is 0 Å². The van der Waals surface area contributed by atoms with E-state index in [9.17, 15) is 17.2 Å². The monoisotopic (exact) mass is 358 g/mol. The maximum atomic E-state index is 14.1. The van der Waals surface area contributed by atoms with Gasteiger partial charge in [-0.25, -0.2) is 21.9 Å². The largest absolute Gasteiger partial charge is 0.468 e. The lowest BCUT2D eigenvalue weighted by atomic mass is 10.0. The molecule has 130 valence electrons. The van der Waals surface area contributed by atoms with E-state index in [1.807, 2.05) is 0 Å². The molecule has 0 bridgehead atoms. The van der Waals surface area contributed by atoms with Gasteiger partial charge < -0.3 is 4.42 Å². The lowest BCUT2D eigenvalue weighted by Crippen LogP contribution is -2.39. The van der Waals surface area contributed by atoms with Gasteiger partial charge in [-0.1, -0.05) is 12.1 Å². The van der Waals surface area contributed by atoms with Crippen molar-refractivity contribution in [2.24, 2.45) is 0 Å². The number of halogens is 2. The SMILES string of the molecule is CN1OCC(S(=O)(=O)NCc2ccco2)C1c1cccc(F)c1F. The third kappa shape index (κ3) is 3.20. The van der Waals surface area contributed by atoms with Gasteiger partial charge in [0.2, 0.25) is 10.0 Å². The summed E-state index contributed by atoms with van der Waals surface area (Å²) in [5, 5.41) is 0.142. The van der Waals surface area contributed by atoms with Crippen LogP contribution in [0.1, 0.15) is 17.4 Å². The standard InChI is InChI=1S/C15H16F2N2O4S/c1-19-15(11-5-2-6-12(16)14(11)17)13(9-23-19)24(20,21)18-8-10-4-3-7-22-10/h2-7,13,15,18H,8-9H2,1H3. The van der Waals surface area contributed by atoms with Gasteiger partial charge in [0.15, 0.2) is 11.6 Å². The summed E-state index contributed by atoms with van der Waals surface area (Å²) in [6, 6.07) is 5.97. The van der Waals surface area contributed by atoms with Gasteiger partial charge in [0.1, 0.15) is 11.0 Å². The Morgan fingerprint density at radius 3 is 2.79 bits per heavy atom. The Labute approximate surface area is 138 Å². The van der Waals surface area contributed by atoms with Crippen LogP contribution in [0.3, 0.4) is 0 Å². The van der Waals surface area contributed by atoms with E-state index in [0.29, 0.717) is 5.76 Å². The third-order valence-electron chi connectivity index (χ3n) is 3.91. The summed E-state index contributed by atoms with van der Waals surface area (Å²) in [4.78, 5) is 5.25. The van der Waals surface area contributed by atoms with Crippen molar-refractivity contribution in [3.63, 3.8) is 0 Å². The first-order valence-corrected chi connectivity index (χ1v) is 8.75. The highest BCUT2D eigenvalue weighted by Crippen LogP contribution is 2.35. The predicted molar refractivity (Wildman–Crippen MR) is 81.1 cm³/mol. The first-order chi connectivity index (χ1) is 11.4. The quantitative estimate of drug-likeness (QED) is 0.885. The molecular formula is C15H16F2N2O4S. The Kier molecular flexibility index (Phi) is 4.68. The Morgan fingerprint density at radius 2 is 2.08 bits per heavy atom. The molecule has 1 aliphatic rings. The first kappa shape index (κ1) is 17.0. The molecule has 6 nitrogen and oxygen atoms in total. The normalized spacial score (nSPS) is 22.1. The maximum Gasteiger partial charge on any atom is 0.219 e. The van der Waals surface area contributed by atoms with Crippen LogP contribution < -0.4 is 4.72 Å². The molecule has 2 aromatic rings. The minimum absolute atomic E-state index is 0.0338. The molecule has 1 N–H and O–H groups in total. The van der Waals surface area contributed by atoms with Gasteiger partial charge in [-0.2, -0.15) is 5.06 Å². The van der Waals surface area contributed by atoms with Crippen LogP contribution in [-0.4, -0.2) is 32.4 Å². The maximum absolute atomic E-state index is 14.1. The fourth-order valence-electron chi connectivity index (χ4n) is 2.69. The van der Waals surface area contributed by atoms with E-state index in [1.54, 1.807) is 12.1 Å². The number of nitrogens with zero attached hydrogens (tertiary/aromatic N) is 1. The molecule has 2 atom stereocenters. The Bertz CT molecular complexity index is 811. The van der Waals surface area contributed by atoms with Crippen molar-refractivity contribution < 1.29 is 26.5 Å². The van der Waals surface area contributed by atoms with Gasteiger partial charge in [0.05, 0.1) is 25.5 Å². The molecule has 1 aromatic carbocycles.